The Labute approximate surface area is 56.3 Å². The van der Waals surface area contributed by atoms with Crippen LogP contribution in [0.1, 0.15) is 0 Å². The van der Waals surface area contributed by atoms with E-state index in [-0.39, 0.29) is 56.3 Å². The monoisotopic (exact) mass is 112 g/mol. The van der Waals surface area contributed by atoms with Crippen molar-refractivity contribution in [2.75, 3.05) is 0 Å². The van der Waals surface area contributed by atoms with Crippen molar-refractivity contribution < 1.29 is 0 Å². The maximum atomic E-state index is 0. The highest BCUT2D eigenvalue weighted by atomic mass is 35.5. The highest BCUT2D eigenvalue weighted by Gasteiger charge is 0.316. The molecule has 0 aromatic rings. The second-order valence-corrected chi connectivity index (χ2v) is 0. The van der Waals surface area contributed by atoms with Crippen LogP contribution in [0.2, 0.25) is 0 Å². The fourth-order valence-electron chi connectivity index (χ4n) is 0. The summed E-state index contributed by atoms with van der Waals surface area (Å²) in [5, 5.41) is 0. The summed E-state index contributed by atoms with van der Waals surface area (Å²) in [5.41, 5.74) is 0. The molecule has 0 saturated heterocycles. The zero-order valence-electron chi connectivity index (χ0n) is 0.816. The Bertz CT molecular complexity index is 6.00. The van der Waals surface area contributed by atoms with Crippen LogP contribution in [-0.2, 0) is 0 Å². The Morgan fingerprint density at radius 2 is 0.750 bits per heavy atom. The molecule has 0 heterocycles. The molecule has 0 atom stereocenters. The third kappa shape index (κ3) is 9.96. The van der Waals surface area contributed by atoms with Crippen LogP contribution in [-0.4, -0.2) is 31.5 Å². The lowest BCUT2D eigenvalue weighted by Gasteiger charge is -0.148. The van der Waals surface area contributed by atoms with Crippen molar-refractivity contribution in [1.82, 2.24) is 0 Å². The van der Waals surface area contributed by atoms with Gasteiger partial charge in [-0.1, -0.05) is 0 Å². The first-order valence-electron chi connectivity index (χ1n) is 0. The van der Waals surface area contributed by atoms with Crippen LogP contribution in [0, 0.1) is 0 Å². The van der Waals surface area contributed by atoms with Gasteiger partial charge in [0.2, 0.25) is 0 Å². The van der Waals surface area contributed by atoms with E-state index in [1.165, 1.54) is 0 Å². The third-order valence-corrected chi connectivity index (χ3v) is 0. The van der Waals surface area contributed by atoms with Crippen LogP contribution >= 0.6 is 24.8 Å². The van der Waals surface area contributed by atoms with Crippen LogP contribution in [0.4, 0.5) is 0 Å². The molecule has 0 aromatic heterocycles. The Morgan fingerprint density at radius 1 is 0.750 bits per heavy atom. The van der Waals surface area contributed by atoms with E-state index < -0.39 is 0 Å². The highest BCUT2D eigenvalue weighted by Crippen LogP contribution is 0.691. The van der Waals surface area contributed by atoms with Crippen LogP contribution < -0.4 is 0 Å². The largest absolute Gasteiger partial charge is 0.316 e. The van der Waals surface area contributed by atoms with Gasteiger partial charge in [0.15, 0.2) is 0 Å². The summed E-state index contributed by atoms with van der Waals surface area (Å²) in [7, 11) is 0. The number of hydrogen-bond donors (Lipinski definition) is 0. The molecule has 0 spiro atoms. The molecular weight excluding hydrogens is 106 g/mol. The van der Waals surface area contributed by atoms with Gasteiger partial charge in [0.25, 0.3) is 0 Å². The lowest BCUT2D eigenvalue weighted by Crippen LogP contribution is -0.382. The van der Waals surface area contributed by atoms with E-state index in [4.69, 9.17) is 0 Å². The molecule has 0 aliphatic rings. The molecule has 0 aliphatic carbocycles. The molecule has 4 heavy (non-hydrogen) atoms. The zero-order chi connectivity index (χ0) is 0. The second-order valence-electron chi connectivity index (χ2n) is 0. The van der Waals surface area contributed by atoms with E-state index in [0.29, 0.717) is 0 Å². The van der Waals surface area contributed by atoms with Crippen LogP contribution in [0.3, 0.4) is 0 Å². The van der Waals surface area contributed by atoms with Crippen LogP contribution in [0.5, 0.6) is 0 Å². The van der Waals surface area contributed by atoms with Gasteiger partial charge in [0.05, 0.1) is 8.41 Å². The summed E-state index contributed by atoms with van der Waals surface area (Å²) in [6.07, 6.45) is 0. The summed E-state index contributed by atoms with van der Waals surface area (Å²) in [4.78, 5) is 0. The van der Waals surface area contributed by atoms with E-state index in [1.807, 2.05) is 0 Å². The molecule has 0 bridgehead atoms. The third-order valence-electron chi connectivity index (χ3n) is 0. The van der Waals surface area contributed by atoms with Gasteiger partial charge >= 0.3 is 23.1 Å². The molecule has 0 aliphatic heterocycles. The van der Waals surface area contributed by atoms with Gasteiger partial charge in [-0.15, -0.1) is 24.8 Å². The van der Waals surface area contributed by atoms with E-state index in [2.05, 4.69) is 0 Å². The second kappa shape index (κ2) is 25.8. The van der Waals surface area contributed by atoms with Crippen LogP contribution in [0.25, 0.3) is 0 Å². The van der Waals surface area contributed by atoms with Gasteiger partial charge in [0, 0.05) is 0 Å². The number of rotatable bonds is 0. The fourth-order valence-corrected chi connectivity index (χ4v) is 0. The van der Waals surface area contributed by atoms with Crippen molar-refractivity contribution in [2.24, 2.45) is 0 Å². The minimum Gasteiger partial charge on any atom is -0.147 e. The maximum Gasteiger partial charge on any atom is 0.316 e. The number of hydrogen-bond acceptors (Lipinski definition) is 0. The van der Waals surface area contributed by atoms with Gasteiger partial charge in [0.1, 0.15) is 0 Å². The summed E-state index contributed by atoms with van der Waals surface area (Å²) in [6, 6.07) is 0. The fraction of sp³-hybridized carbons (Fsp3) is 0. The summed E-state index contributed by atoms with van der Waals surface area (Å²) >= 11 is 0. The first-order valence-corrected chi connectivity index (χ1v) is 0. The van der Waals surface area contributed by atoms with Crippen molar-refractivity contribution >= 4 is 56.3 Å². The summed E-state index contributed by atoms with van der Waals surface area (Å²) < 4.78 is 0. The van der Waals surface area contributed by atoms with Gasteiger partial charge in [-0.25, -0.2) is 0 Å². The zero-order valence-corrected chi connectivity index (χ0v) is 2.45. The lowest BCUT2D eigenvalue weighted by molar-refractivity contribution is 5.75. The first kappa shape index (κ1) is 52.9. The smallest absolute Gasteiger partial charge is 0.147 e. The molecule has 0 unspecified atom stereocenters. The van der Waals surface area contributed by atoms with E-state index in [9.17, 15) is 0 Å². The molecule has 0 aromatic carbocycles. The van der Waals surface area contributed by atoms with Gasteiger partial charge < -0.3 is 0 Å². The molecule has 0 N–H and O–H groups in total. The molecule has 26 valence electrons. The molecule has 0 amide bonds. The molecule has 0 rings (SSSR count). The molecule has 0 fully saturated rings. The normalized spacial score (nSPS) is 0. The SMILES string of the molecule is B.Cl.Cl.[MgH2]. The standard InChI is InChI=1S/BH3.2ClH.Mg.2H/h1H3;2*1H;;;. The van der Waals surface area contributed by atoms with E-state index >= 15 is 0 Å². The Morgan fingerprint density at radius 3 is 0.750 bits per heavy atom. The van der Waals surface area contributed by atoms with Crippen molar-refractivity contribution in [1.29, 1.82) is 0 Å². The van der Waals surface area contributed by atoms with Crippen LogP contribution in [0.15, 0.2) is 0 Å². The van der Waals surface area contributed by atoms with E-state index in [1.54, 1.807) is 0 Å². The summed E-state index contributed by atoms with van der Waals surface area (Å²) in [5.74, 6) is 0. The van der Waals surface area contributed by atoms with Crippen molar-refractivity contribution in [3.8, 4) is 0 Å². The van der Waals surface area contributed by atoms with Crippen molar-refractivity contribution in [3.63, 3.8) is 0 Å². The Kier molecular flexibility index (Phi) is 341. The Balaban J connectivity index is 0. The van der Waals surface area contributed by atoms with Crippen molar-refractivity contribution in [3.05, 3.63) is 0 Å². The van der Waals surface area contributed by atoms with E-state index in [0.717, 1.165) is 0 Å². The topological polar surface area (TPSA) is 0 Å². The molecule has 4 heteroatoms. The molecule has 0 saturated carbocycles. The van der Waals surface area contributed by atoms with Gasteiger partial charge in [-0.05, 0) is 0 Å². The van der Waals surface area contributed by atoms with Gasteiger partial charge in [-0.2, -0.15) is 0 Å². The Hall–Kier alpha value is 1.41. The summed E-state index contributed by atoms with van der Waals surface area (Å²) in [6.45, 7) is 0. The van der Waals surface area contributed by atoms with Gasteiger partial charge in [-0.3, -0.25) is 0 Å². The molecule has 0 nitrogen and oxygen atoms in total. The highest BCUT2D eigenvalue weighted by molar-refractivity contribution is 5.85. The average molecular weight is 113 g/mol. The minimum atomic E-state index is 0. The predicted molar refractivity (Wildman–Crippen MR) is 33.0 cm³/mol. The lowest BCUT2D eigenvalue weighted by atomic mass is 10.8. The number of halogens is 2. The molecule has 0 radical (unpaired) electrons. The quantitative estimate of drug-likeness (QED) is 0.344. The van der Waals surface area contributed by atoms with Crippen molar-refractivity contribution in [2.45, 2.75) is 0 Å². The first-order chi connectivity index (χ1) is 0. The minimum absolute atomic E-state index is 0. The molecular formula is H7BCl2Mg. The average Bonchev–Trinajstić information content (AvgIpc) is 0. The maximum absolute atomic E-state index is 0. The predicted octanol–water partition coefficient (Wildman–Crippen LogP) is -1.26.